The van der Waals surface area contributed by atoms with Crippen molar-refractivity contribution < 1.29 is 9.18 Å². The first-order valence-electron chi connectivity index (χ1n) is 9.77. The van der Waals surface area contributed by atoms with Crippen LogP contribution in [-0.4, -0.2) is 38.0 Å². The number of pyridine rings is 1. The van der Waals surface area contributed by atoms with E-state index in [9.17, 15) is 9.18 Å². The molecule has 6 nitrogen and oxygen atoms in total. The number of halogens is 1. The van der Waals surface area contributed by atoms with Gasteiger partial charge in [-0.15, -0.1) is 10.2 Å². The van der Waals surface area contributed by atoms with E-state index in [2.05, 4.69) is 20.5 Å². The first kappa shape index (κ1) is 20.7. The third kappa shape index (κ3) is 5.35. The molecule has 0 saturated heterocycles. The van der Waals surface area contributed by atoms with E-state index in [4.69, 9.17) is 0 Å². The molecule has 156 valence electrons. The molecule has 4 rings (SSSR count). The summed E-state index contributed by atoms with van der Waals surface area (Å²) in [5.74, 6) is 0.388. The highest BCUT2D eigenvalue weighted by molar-refractivity contribution is 7.99. The topological polar surface area (TPSA) is 72.7 Å². The highest BCUT2D eigenvalue weighted by Crippen LogP contribution is 2.28. The molecule has 1 amide bonds. The van der Waals surface area contributed by atoms with Gasteiger partial charge in [-0.3, -0.25) is 14.3 Å². The van der Waals surface area contributed by atoms with E-state index in [1.165, 1.54) is 23.9 Å². The number of amides is 1. The van der Waals surface area contributed by atoms with E-state index in [-0.39, 0.29) is 17.5 Å². The summed E-state index contributed by atoms with van der Waals surface area (Å²) in [7, 11) is 0. The van der Waals surface area contributed by atoms with Gasteiger partial charge in [-0.2, -0.15) is 0 Å². The number of carbonyl (C=O) groups excluding carboxylic acids is 1. The highest BCUT2D eigenvalue weighted by Gasteiger charge is 2.17. The number of para-hydroxylation sites is 1. The van der Waals surface area contributed by atoms with Gasteiger partial charge < -0.3 is 5.32 Å². The lowest BCUT2D eigenvalue weighted by Crippen LogP contribution is -2.27. The van der Waals surface area contributed by atoms with Crippen LogP contribution in [0.1, 0.15) is 5.69 Å². The third-order valence-corrected chi connectivity index (χ3v) is 5.44. The molecule has 2 aromatic carbocycles. The van der Waals surface area contributed by atoms with Crippen molar-refractivity contribution in [3.8, 4) is 17.1 Å². The largest absolute Gasteiger partial charge is 0.355 e. The first-order valence-corrected chi connectivity index (χ1v) is 10.8. The molecule has 31 heavy (non-hydrogen) atoms. The van der Waals surface area contributed by atoms with Crippen molar-refractivity contribution in [2.75, 3.05) is 12.3 Å². The molecule has 8 heteroatoms. The van der Waals surface area contributed by atoms with Gasteiger partial charge in [0.25, 0.3) is 0 Å². The van der Waals surface area contributed by atoms with Crippen LogP contribution in [0.3, 0.4) is 0 Å². The molecule has 0 radical (unpaired) electrons. The van der Waals surface area contributed by atoms with Gasteiger partial charge in [0.05, 0.1) is 5.75 Å². The second-order valence-electron chi connectivity index (χ2n) is 6.69. The van der Waals surface area contributed by atoms with Crippen LogP contribution in [0.2, 0.25) is 0 Å². The molecule has 1 N–H and O–H groups in total. The van der Waals surface area contributed by atoms with Crippen LogP contribution in [-0.2, 0) is 11.2 Å². The van der Waals surface area contributed by atoms with Crippen molar-refractivity contribution in [2.45, 2.75) is 11.6 Å². The highest BCUT2D eigenvalue weighted by atomic mass is 32.2. The molecule has 0 atom stereocenters. The summed E-state index contributed by atoms with van der Waals surface area (Å²) >= 11 is 1.30. The van der Waals surface area contributed by atoms with Crippen molar-refractivity contribution in [3.05, 3.63) is 90.5 Å². The van der Waals surface area contributed by atoms with Gasteiger partial charge >= 0.3 is 0 Å². The van der Waals surface area contributed by atoms with Crippen molar-refractivity contribution in [2.24, 2.45) is 0 Å². The number of nitrogens with zero attached hydrogens (tertiary/aromatic N) is 4. The fourth-order valence-corrected chi connectivity index (χ4v) is 3.80. The van der Waals surface area contributed by atoms with E-state index in [0.717, 1.165) is 16.9 Å². The fourth-order valence-electron chi connectivity index (χ4n) is 3.02. The van der Waals surface area contributed by atoms with Crippen LogP contribution in [0, 0.1) is 5.82 Å². The molecular formula is C23H20FN5OS. The number of nitrogens with one attached hydrogen (secondary N) is 1. The lowest BCUT2D eigenvalue weighted by Gasteiger charge is -2.10. The Kier molecular flexibility index (Phi) is 6.68. The zero-order valence-corrected chi connectivity index (χ0v) is 17.4. The molecule has 0 aliphatic rings. The molecule has 0 aliphatic carbocycles. The lowest BCUT2D eigenvalue weighted by molar-refractivity contribution is -0.118. The molecular weight excluding hydrogens is 413 g/mol. The van der Waals surface area contributed by atoms with Crippen molar-refractivity contribution in [3.63, 3.8) is 0 Å². The number of aromatic nitrogens is 4. The van der Waals surface area contributed by atoms with Gasteiger partial charge in [0.2, 0.25) is 5.91 Å². The second kappa shape index (κ2) is 9.99. The predicted molar refractivity (Wildman–Crippen MR) is 118 cm³/mol. The number of carbonyl (C=O) groups is 1. The van der Waals surface area contributed by atoms with Gasteiger partial charge in [-0.05, 0) is 48.5 Å². The summed E-state index contributed by atoms with van der Waals surface area (Å²) in [4.78, 5) is 16.6. The van der Waals surface area contributed by atoms with Gasteiger partial charge in [0.15, 0.2) is 11.0 Å². The Hall–Kier alpha value is -3.52. The molecule has 0 spiro atoms. The third-order valence-electron chi connectivity index (χ3n) is 4.51. The Morgan fingerprint density at radius 2 is 1.74 bits per heavy atom. The van der Waals surface area contributed by atoms with Gasteiger partial charge in [-0.1, -0.05) is 36.0 Å². The Bertz CT molecular complexity index is 1130. The lowest BCUT2D eigenvalue weighted by atomic mass is 10.2. The smallest absolute Gasteiger partial charge is 0.230 e. The Morgan fingerprint density at radius 1 is 0.968 bits per heavy atom. The molecule has 0 bridgehead atoms. The monoisotopic (exact) mass is 433 g/mol. The van der Waals surface area contributed by atoms with Crippen molar-refractivity contribution >= 4 is 17.7 Å². The molecule has 2 aromatic heterocycles. The average molecular weight is 434 g/mol. The SMILES string of the molecule is O=C(CSc1nnc(-c2ccc(F)cc2)n1-c1ccccc1)NCCc1ccccn1. The zero-order chi connectivity index (χ0) is 21.5. The Balaban J connectivity index is 1.46. The maximum Gasteiger partial charge on any atom is 0.230 e. The van der Waals surface area contributed by atoms with E-state index in [1.54, 1.807) is 18.3 Å². The van der Waals surface area contributed by atoms with Gasteiger partial charge in [-0.25, -0.2) is 4.39 Å². The average Bonchev–Trinajstić information content (AvgIpc) is 3.23. The number of hydrogen-bond acceptors (Lipinski definition) is 5. The summed E-state index contributed by atoms with van der Waals surface area (Å²) < 4.78 is 15.2. The van der Waals surface area contributed by atoms with Gasteiger partial charge in [0.1, 0.15) is 5.82 Å². The van der Waals surface area contributed by atoms with Crippen molar-refractivity contribution in [1.82, 2.24) is 25.1 Å². The van der Waals surface area contributed by atoms with E-state index >= 15 is 0 Å². The molecule has 0 saturated carbocycles. The number of benzene rings is 2. The molecule has 0 unspecified atom stereocenters. The summed E-state index contributed by atoms with van der Waals surface area (Å²) in [6.07, 6.45) is 2.41. The number of hydrogen-bond donors (Lipinski definition) is 1. The van der Waals surface area contributed by atoms with E-state index in [1.807, 2.05) is 53.1 Å². The maximum absolute atomic E-state index is 13.4. The summed E-state index contributed by atoms with van der Waals surface area (Å²) in [6.45, 7) is 0.516. The molecule has 0 fully saturated rings. The fraction of sp³-hybridized carbons (Fsp3) is 0.130. The number of rotatable bonds is 8. The van der Waals surface area contributed by atoms with Crippen LogP contribution in [0.15, 0.2) is 84.1 Å². The van der Waals surface area contributed by atoms with E-state index < -0.39 is 0 Å². The minimum Gasteiger partial charge on any atom is -0.355 e. The molecule has 4 aromatic rings. The minimum atomic E-state index is -0.313. The second-order valence-corrected chi connectivity index (χ2v) is 7.64. The van der Waals surface area contributed by atoms with Gasteiger partial charge in [0, 0.05) is 36.1 Å². The molecule has 0 aliphatic heterocycles. The standard InChI is InChI=1S/C23H20FN5OS/c24-18-11-9-17(10-12-18)22-27-28-23(29(22)20-7-2-1-3-8-20)31-16-21(30)26-15-13-19-6-4-5-14-25-19/h1-12,14H,13,15-16H2,(H,26,30). The first-order chi connectivity index (χ1) is 15.2. The summed E-state index contributed by atoms with van der Waals surface area (Å²) in [5.41, 5.74) is 2.54. The van der Waals surface area contributed by atoms with Crippen molar-refractivity contribution in [1.29, 1.82) is 0 Å². The number of thioether (sulfide) groups is 1. The zero-order valence-electron chi connectivity index (χ0n) is 16.6. The summed E-state index contributed by atoms with van der Waals surface area (Å²) in [5, 5.41) is 12.1. The van der Waals surface area contributed by atoms with Crippen LogP contribution in [0.25, 0.3) is 17.1 Å². The van der Waals surface area contributed by atoms with Crippen LogP contribution < -0.4 is 5.32 Å². The maximum atomic E-state index is 13.4. The minimum absolute atomic E-state index is 0.0909. The predicted octanol–water partition coefficient (Wildman–Crippen LogP) is 3.92. The van der Waals surface area contributed by atoms with Crippen LogP contribution in [0.5, 0.6) is 0 Å². The normalized spacial score (nSPS) is 10.7. The van der Waals surface area contributed by atoms with E-state index in [0.29, 0.717) is 23.9 Å². The summed E-state index contributed by atoms with van der Waals surface area (Å²) in [6, 6.07) is 21.5. The molecule has 2 heterocycles. The Morgan fingerprint density at radius 3 is 2.48 bits per heavy atom. The van der Waals surface area contributed by atoms with Crippen LogP contribution in [0.4, 0.5) is 4.39 Å². The quantitative estimate of drug-likeness (QED) is 0.427. The van der Waals surface area contributed by atoms with Crippen LogP contribution >= 0.6 is 11.8 Å². The Labute approximate surface area is 183 Å².